The number of amides is 1. The molecule has 0 aliphatic carbocycles. The molecule has 0 saturated heterocycles. The molecule has 3 heterocycles. The van der Waals surface area contributed by atoms with E-state index in [0.717, 1.165) is 42.2 Å². The van der Waals surface area contributed by atoms with Crippen molar-refractivity contribution in [3.05, 3.63) is 51.9 Å². The van der Waals surface area contributed by atoms with E-state index in [1.54, 1.807) is 16.2 Å². The second-order valence-corrected chi connectivity index (χ2v) is 7.05. The number of carbonyl (C=O) groups excluding carboxylic acids is 1. The summed E-state index contributed by atoms with van der Waals surface area (Å²) in [4.78, 5) is 15.6. The zero-order chi connectivity index (χ0) is 15.1. The van der Waals surface area contributed by atoms with Crippen LogP contribution >= 0.6 is 11.3 Å². The number of carbonyl (C=O) groups is 1. The van der Waals surface area contributed by atoms with Gasteiger partial charge in [-0.25, -0.2) is 0 Å². The van der Waals surface area contributed by atoms with Crippen molar-refractivity contribution >= 4 is 22.2 Å². The van der Waals surface area contributed by atoms with Gasteiger partial charge in [-0.3, -0.25) is 4.79 Å². The number of fused-ring (bicyclic) bond motifs is 3. The van der Waals surface area contributed by atoms with Crippen LogP contribution in [-0.2, 0) is 13.0 Å². The lowest BCUT2D eigenvalue weighted by molar-refractivity contribution is -0.913. The number of quaternary nitrogens is 1. The Morgan fingerprint density at radius 1 is 1.27 bits per heavy atom. The summed E-state index contributed by atoms with van der Waals surface area (Å²) < 4.78 is 0. The zero-order valence-electron chi connectivity index (χ0n) is 12.6. The summed E-state index contributed by atoms with van der Waals surface area (Å²) >= 11 is 1.77. The van der Waals surface area contributed by atoms with Crippen molar-refractivity contribution in [2.24, 2.45) is 0 Å². The van der Waals surface area contributed by atoms with Gasteiger partial charge in [0, 0.05) is 6.42 Å². The van der Waals surface area contributed by atoms with Gasteiger partial charge in [-0.15, -0.1) is 11.3 Å². The smallest absolute Gasteiger partial charge is 0.256 e. The van der Waals surface area contributed by atoms with Gasteiger partial charge in [0.15, 0.2) is 0 Å². The van der Waals surface area contributed by atoms with Crippen molar-refractivity contribution in [3.63, 3.8) is 0 Å². The standard InChI is InChI=1S/C17H19N3OS/c1-2-20-9-8-12-13(10-20)22-17-14(12)16(21)18-15(19-17)11-6-4-3-5-7-11/h3-7,15,19H,2,8-10H2,1H3,(H,18,21)/p+1/t15-/m0/s1. The third kappa shape index (κ3) is 2.21. The first-order chi connectivity index (χ1) is 10.8. The molecule has 4 rings (SSSR count). The highest BCUT2D eigenvalue weighted by molar-refractivity contribution is 7.16. The van der Waals surface area contributed by atoms with Crippen LogP contribution in [0.2, 0.25) is 0 Å². The molecule has 2 aliphatic rings. The van der Waals surface area contributed by atoms with E-state index in [0.29, 0.717) is 0 Å². The summed E-state index contributed by atoms with van der Waals surface area (Å²) in [5.41, 5.74) is 3.25. The molecule has 1 amide bonds. The molecule has 0 bridgehead atoms. The van der Waals surface area contributed by atoms with E-state index in [4.69, 9.17) is 0 Å². The van der Waals surface area contributed by atoms with Crippen LogP contribution in [0.4, 0.5) is 5.00 Å². The van der Waals surface area contributed by atoms with E-state index in [2.05, 4.69) is 17.6 Å². The summed E-state index contributed by atoms with van der Waals surface area (Å²) in [5, 5.41) is 7.65. The fourth-order valence-corrected chi connectivity index (χ4v) is 4.71. The molecule has 5 heteroatoms. The number of nitrogens with one attached hydrogen (secondary N) is 3. The minimum atomic E-state index is -0.129. The van der Waals surface area contributed by atoms with Crippen molar-refractivity contribution in [1.82, 2.24) is 5.32 Å². The monoisotopic (exact) mass is 314 g/mol. The quantitative estimate of drug-likeness (QED) is 0.788. The number of likely N-dealkylation sites (N-methyl/N-ethyl adjacent to an activating group) is 1. The lowest BCUT2D eigenvalue weighted by atomic mass is 10.0. The van der Waals surface area contributed by atoms with Gasteiger partial charge in [-0.05, 0) is 18.1 Å². The molecule has 1 aromatic heterocycles. The summed E-state index contributed by atoms with van der Waals surface area (Å²) in [7, 11) is 0. The summed E-state index contributed by atoms with van der Waals surface area (Å²) in [5.74, 6) is 0.0695. The highest BCUT2D eigenvalue weighted by Crippen LogP contribution is 2.38. The largest absolute Gasteiger partial charge is 0.353 e. The SMILES string of the molecule is CC[NH+]1CCc2c(sc3c2C(=O)N[C@H](c2ccccc2)N3)C1. The molecule has 0 radical (unpaired) electrons. The lowest BCUT2D eigenvalue weighted by Gasteiger charge is -2.27. The van der Waals surface area contributed by atoms with E-state index in [-0.39, 0.29) is 12.1 Å². The second-order valence-electron chi connectivity index (χ2n) is 5.95. The molecular formula is C17H20N3OS+. The molecule has 3 N–H and O–H groups in total. The molecule has 114 valence electrons. The number of rotatable bonds is 2. The van der Waals surface area contributed by atoms with E-state index in [1.807, 2.05) is 30.3 Å². The molecule has 0 saturated carbocycles. The van der Waals surface area contributed by atoms with Gasteiger partial charge in [0.1, 0.15) is 17.7 Å². The zero-order valence-corrected chi connectivity index (χ0v) is 13.4. The van der Waals surface area contributed by atoms with Gasteiger partial charge >= 0.3 is 0 Å². The Hall–Kier alpha value is -1.85. The summed E-state index contributed by atoms with van der Waals surface area (Å²) in [6, 6.07) is 10.1. The average molecular weight is 314 g/mol. The highest BCUT2D eigenvalue weighted by atomic mass is 32.1. The molecule has 2 aliphatic heterocycles. The third-order valence-electron chi connectivity index (χ3n) is 4.64. The third-order valence-corrected chi connectivity index (χ3v) is 5.80. The van der Waals surface area contributed by atoms with E-state index < -0.39 is 0 Å². The Balaban J connectivity index is 1.68. The molecule has 1 unspecified atom stereocenters. The topological polar surface area (TPSA) is 45.6 Å². The van der Waals surface area contributed by atoms with Crippen LogP contribution in [0.5, 0.6) is 0 Å². The minimum absolute atomic E-state index is 0.0695. The Morgan fingerprint density at radius 3 is 2.86 bits per heavy atom. The van der Waals surface area contributed by atoms with E-state index in [1.165, 1.54) is 10.4 Å². The van der Waals surface area contributed by atoms with Crippen molar-refractivity contribution in [2.45, 2.75) is 26.1 Å². The van der Waals surface area contributed by atoms with Crippen molar-refractivity contribution < 1.29 is 9.69 Å². The van der Waals surface area contributed by atoms with Gasteiger partial charge in [0.05, 0.1) is 23.5 Å². The van der Waals surface area contributed by atoms with Gasteiger partial charge < -0.3 is 15.5 Å². The molecule has 2 aromatic rings. The Bertz CT molecular complexity index is 710. The molecular weight excluding hydrogens is 294 g/mol. The molecule has 1 aromatic carbocycles. The fourth-order valence-electron chi connectivity index (χ4n) is 3.36. The van der Waals surface area contributed by atoms with Gasteiger partial charge in [-0.2, -0.15) is 0 Å². The van der Waals surface area contributed by atoms with Crippen LogP contribution < -0.4 is 15.5 Å². The van der Waals surface area contributed by atoms with Crippen molar-refractivity contribution in [1.29, 1.82) is 0 Å². The van der Waals surface area contributed by atoms with Crippen LogP contribution in [0.3, 0.4) is 0 Å². The van der Waals surface area contributed by atoms with Crippen molar-refractivity contribution in [3.8, 4) is 0 Å². The predicted molar refractivity (Wildman–Crippen MR) is 88.4 cm³/mol. The maximum absolute atomic E-state index is 12.6. The molecule has 22 heavy (non-hydrogen) atoms. The molecule has 0 spiro atoms. The van der Waals surface area contributed by atoms with Crippen LogP contribution in [0.15, 0.2) is 30.3 Å². The number of benzene rings is 1. The lowest BCUT2D eigenvalue weighted by Crippen LogP contribution is -3.11. The maximum atomic E-state index is 12.6. The van der Waals surface area contributed by atoms with Crippen LogP contribution in [0, 0.1) is 0 Å². The Kier molecular flexibility index (Phi) is 3.39. The first kappa shape index (κ1) is 13.8. The number of thiophene rings is 1. The highest BCUT2D eigenvalue weighted by Gasteiger charge is 2.34. The first-order valence-corrected chi connectivity index (χ1v) is 8.68. The Morgan fingerprint density at radius 2 is 2.09 bits per heavy atom. The van der Waals surface area contributed by atoms with Gasteiger partial charge in [0.2, 0.25) is 0 Å². The van der Waals surface area contributed by atoms with Crippen LogP contribution in [0.25, 0.3) is 0 Å². The van der Waals surface area contributed by atoms with E-state index >= 15 is 0 Å². The first-order valence-electron chi connectivity index (χ1n) is 7.86. The number of anilines is 1. The molecule has 0 fully saturated rings. The van der Waals surface area contributed by atoms with Gasteiger partial charge in [0.25, 0.3) is 5.91 Å². The summed E-state index contributed by atoms with van der Waals surface area (Å²) in [6.45, 7) is 5.55. The second kappa shape index (κ2) is 5.41. The molecule has 2 atom stereocenters. The van der Waals surface area contributed by atoms with Crippen molar-refractivity contribution in [2.75, 3.05) is 18.4 Å². The Labute approximate surface area is 134 Å². The summed E-state index contributed by atoms with van der Waals surface area (Å²) in [6.07, 6.45) is 0.881. The molecule has 4 nitrogen and oxygen atoms in total. The van der Waals surface area contributed by atoms with Gasteiger partial charge in [-0.1, -0.05) is 30.3 Å². The minimum Gasteiger partial charge on any atom is -0.353 e. The normalized spacial score (nSPS) is 23.2. The number of hydrogen-bond acceptors (Lipinski definition) is 3. The predicted octanol–water partition coefficient (Wildman–Crippen LogP) is 1.56. The fraction of sp³-hybridized carbons (Fsp3) is 0.353. The maximum Gasteiger partial charge on any atom is 0.256 e. The number of hydrogen-bond donors (Lipinski definition) is 3. The van der Waals surface area contributed by atoms with Crippen LogP contribution in [-0.4, -0.2) is 19.0 Å². The van der Waals surface area contributed by atoms with Crippen LogP contribution in [0.1, 0.15) is 39.5 Å². The van der Waals surface area contributed by atoms with E-state index in [9.17, 15) is 4.79 Å². The average Bonchev–Trinajstić information content (AvgIpc) is 2.93.